The molecule has 0 heterocycles. The summed E-state index contributed by atoms with van der Waals surface area (Å²) in [5.41, 5.74) is 0. The van der Waals surface area contributed by atoms with Crippen molar-refractivity contribution >= 4 is 5.91 Å². The summed E-state index contributed by atoms with van der Waals surface area (Å²) in [4.78, 5) is 11.5. The smallest absolute Gasteiger partial charge is 0.237 e. The van der Waals surface area contributed by atoms with Gasteiger partial charge in [0.2, 0.25) is 5.91 Å². The normalized spacial score (nSPS) is 15.3. The molecule has 0 aliphatic carbocycles. The molecule has 0 saturated carbocycles. The first-order chi connectivity index (χ1) is 6.56. The van der Waals surface area contributed by atoms with E-state index >= 15 is 0 Å². The molecule has 2 atom stereocenters. The maximum Gasteiger partial charge on any atom is 0.237 e. The van der Waals surface area contributed by atoms with Crippen LogP contribution in [0.4, 0.5) is 0 Å². The quantitative estimate of drug-likeness (QED) is 0.683. The van der Waals surface area contributed by atoms with Crippen molar-refractivity contribution in [1.29, 1.82) is 0 Å². The second kappa shape index (κ2) is 6.82. The van der Waals surface area contributed by atoms with Crippen molar-refractivity contribution in [2.24, 2.45) is 5.92 Å². The zero-order chi connectivity index (χ0) is 11.1. The van der Waals surface area contributed by atoms with Gasteiger partial charge in [-0.05, 0) is 26.8 Å². The van der Waals surface area contributed by atoms with Gasteiger partial charge in [0, 0.05) is 6.04 Å². The van der Waals surface area contributed by atoms with Crippen molar-refractivity contribution in [1.82, 2.24) is 10.6 Å². The fourth-order valence-corrected chi connectivity index (χ4v) is 1.59. The first kappa shape index (κ1) is 13.4. The SMILES string of the molecule is CCC(CC)C(C)NC(=O)C(C)NC. The van der Waals surface area contributed by atoms with Crippen LogP contribution in [0.15, 0.2) is 0 Å². The zero-order valence-electron chi connectivity index (χ0n) is 10.1. The van der Waals surface area contributed by atoms with Crippen LogP contribution in [-0.2, 0) is 4.79 Å². The molecule has 84 valence electrons. The van der Waals surface area contributed by atoms with Crippen LogP contribution in [0.25, 0.3) is 0 Å². The minimum Gasteiger partial charge on any atom is -0.352 e. The van der Waals surface area contributed by atoms with Gasteiger partial charge in [-0.25, -0.2) is 0 Å². The Morgan fingerprint density at radius 1 is 1.21 bits per heavy atom. The van der Waals surface area contributed by atoms with E-state index in [1.807, 2.05) is 6.92 Å². The molecule has 1 amide bonds. The molecule has 3 nitrogen and oxygen atoms in total. The van der Waals surface area contributed by atoms with E-state index in [1.165, 1.54) is 0 Å². The van der Waals surface area contributed by atoms with Crippen molar-refractivity contribution < 1.29 is 4.79 Å². The lowest BCUT2D eigenvalue weighted by Crippen LogP contribution is -2.46. The Kier molecular flexibility index (Phi) is 6.54. The molecule has 0 aromatic heterocycles. The molecule has 0 aliphatic heterocycles. The second-order valence-corrected chi connectivity index (χ2v) is 3.88. The van der Waals surface area contributed by atoms with E-state index in [0.29, 0.717) is 5.92 Å². The molecule has 0 rings (SSSR count). The Bertz CT molecular complexity index is 167. The molecular formula is C11H24N2O. The van der Waals surface area contributed by atoms with Gasteiger partial charge < -0.3 is 10.6 Å². The van der Waals surface area contributed by atoms with E-state index in [2.05, 4.69) is 31.4 Å². The summed E-state index contributed by atoms with van der Waals surface area (Å²) in [6.45, 7) is 8.28. The molecule has 14 heavy (non-hydrogen) atoms. The van der Waals surface area contributed by atoms with E-state index in [0.717, 1.165) is 12.8 Å². The Morgan fingerprint density at radius 2 is 1.71 bits per heavy atom. The molecule has 0 bridgehead atoms. The van der Waals surface area contributed by atoms with Gasteiger partial charge in [0.05, 0.1) is 6.04 Å². The van der Waals surface area contributed by atoms with Gasteiger partial charge in [-0.3, -0.25) is 4.79 Å². The van der Waals surface area contributed by atoms with Gasteiger partial charge in [0.15, 0.2) is 0 Å². The monoisotopic (exact) mass is 200 g/mol. The summed E-state index contributed by atoms with van der Waals surface area (Å²) in [6, 6.07) is 0.167. The van der Waals surface area contributed by atoms with E-state index < -0.39 is 0 Å². The Balaban J connectivity index is 4.03. The van der Waals surface area contributed by atoms with Crippen molar-refractivity contribution in [2.45, 2.75) is 52.6 Å². The zero-order valence-corrected chi connectivity index (χ0v) is 10.1. The topological polar surface area (TPSA) is 41.1 Å². The number of amides is 1. The van der Waals surface area contributed by atoms with Crippen LogP contribution in [0, 0.1) is 5.92 Å². The third-order valence-electron chi connectivity index (χ3n) is 2.95. The van der Waals surface area contributed by atoms with Crippen LogP contribution in [0.5, 0.6) is 0 Å². The van der Waals surface area contributed by atoms with Crippen LogP contribution >= 0.6 is 0 Å². The van der Waals surface area contributed by atoms with Crippen LogP contribution in [0.1, 0.15) is 40.5 Å². The molecule has 3 heteroatoms. The number of rotatable bonds is 6. The molecule has 0 aromatic rings. The third kappa shape index (κ3) is 4.09. The van der Waals surface area contributed by atoms with Gasteiger partial charge in [-0.1, -0.05) is 26.7 Å². The fraction of sp³-hybridized carbons (Fsp3) is 0.909. The average molecular weight is 200 g/mol. The average Bonchev–Trinajstić information content (AvgIpc) is 2.18. The first-order valence-corrected chi connectivity index (χ1v) is 5.54. The molecule has 0 spiro atoms. The van der Waals surface area contributed by atoms with Crippen LogP contribution in [0.2, 0.25) is 0 Å². The highest BCUT2D eigenvalue weighted by Gasteiger charge is 2.18. The highest BCUT2D eigenvalue weighted by molar-refractivity contribution is 5.81. The van der Waals surface area contributed by atoms with Crippen molar-refractivity contribution in [3.63, 3.8) is 0 Å². The molecule has 2 unspecified atom stereocenters. The Morgan fingerprint density at radius 3 is 2.07 bits per heavy atom. The van der Waals surface area contributed by atoms with Crippen LogP contribution < -0.4 is 10.6 Å². The number of carbonyl (C=O) groups excluding carboxylic acids is 1. The molecule has 2 N–H and O–H groups in total. The van der Waals surface area contributed by atoms with E-state index in [-0.39, 0.29) is 18.0 Å². The lowest BCUT2D eigenvalue weighted by atomic mass is 9.95. The number of carbonyl (C=O) groups is 1. The largest absolute Gasteiger partial charge is 0.352 e. The predicted molar refractivity (Wildman–Crippen MR) is 60.2 cm³/mol. The summed E-state index contributed by atoms with van der Waals surface area (Å²) < 4.78 is 0. The first-order valence-electron chi connectivity index (χ1n) is 5.54. The van der Waals surface area contributed by atoms with Crippen molar-refractivity contribution in [3.8, 4) is 0 Å². The lowest BCUT2D eigenvalue weighted by Gasteiger charge is -2.24. The van der Waals surface area contributed by atoms with Gasteiger partial charge in [0.1, 0.15) is 0 Å². The number of likely N-dealkylation sites (N-methyl/N-ethyl adjacent to an activating group) is 1. The maximum atomic E-state index is 11.5. The van der Waals surface area contributed by atoms with Crippen LogP contribution in [0.3, 0.4) is 0 Å². The molecule has 0 aromatic carbocycles. The Labute approximate surface area is 87.6 Å². The van der Waals surface area contributed by atoms with Crippen LogP contribution in [-0.4, -0.2) is 25.0 Å². The molecule has 0 saturated heterocycles. The second-order valence-electron chi connectivity index (χ2n) is 3.88. The number of nitrogens with one attached hydrogen (secondary N) is 2. The van der Waals surface area contributed by atoms with Crippen molar-refractivity contribution in [3.05, 3.63) is 0 Å². The third-order valence-corrected chi connectivity index (χ3v) is 2.95. The summed E-state index contributed by atoms with van der Waals surface area (Å²) >= 11 is 0. The lowest BCUT2D eigenvalue weighted by molar-refractivity contribution is -0.123. The Hall–Kier alpha value is -0.570. The van der Waals surface area contributed by atoms with Gasteiger partial charge in [-0.15, -0.1) is 0 Å². The van der Waals surface area contributed by atoms with E-state index in [4.69, 9.17) is 0 Å². The molecular weight excluding hydrogens is 176 g/mol. The minimum absolute atomic E-state index is 0.0897. The summed E-state index contributed by atoms with van der Waals surface area (Å²) in [5.74, 6) is 0.676. The summed E-state index contributed by atoms with van der Waals surface area (Å²) in [5, 5.41) is 5.96. The fourth-order valence-electron chi connectivity index (χ4n) is 1.59. The maximum absolute atomic E-state index is 11.5. The number of hydrogen-bond donors (Lipinski definition) is 2. The predicted octanol–water partition coefficient (Wildman–Crippen LogP) is 1.54. The highest BCUT2D eigenvalue weighted by Crippen LogP contribution is 2.12. The summed E-state index contributed by atoms with van der Waals surface area (Å²) in [6.07, 6.45) is 2.23. The molecule has 0 radical (unpaired) electrons. The minimum atomic E-state index is -0.105. The van der Waals surface area contributed by atoms with Gasteiger partial charge >= 0.3 is 0 Å². The summed E-state index contributed by atoms with van der Waals surface area (Å²) in [7, 11) is 1.80. The number of hydrogen-bond acceptors (Lipinski definition) is 2. The van der Waals surface area contributed by atoms with Gasteiger partial charge in [-0.2, -0.15) is 0 Å². The standard InChI is InChI=1S/C11H24N2O/c1-6-10(7-2)8(3)13-11(14)9(4)12-5/h8-10,12H,6-7H2,1-5H3,(H,13,14). The molecule has 0 aliphatic rings. The van der Waals surface area contributed by atoms with E-state index in [1.54, 1.807) is 7.05 Å². The van der Waals surface area contributed by atoms with Crippen molar-refractivity contribution in [2.75, 3.05) is 7.05 Å². The van der Waals surface area contributed by atoms with Gasteiger partial charge in [0.25, 0.3) is 0 Å². The highest BCUT2D eigenvalue weighted by atomic mass is 16.2. The van der Waals surface area contributed by atoms with E-state index in [9.17, 15) is 4.79 Å². The molecule has 0 fully saturated rings.